The molecule has 1 saturated heterocycles. The lowest BCUT2D eigenvalue weighted by molar-refractivity contribution is -0.112. The zero-order chi connectivity index (χ0) is 36.3. The Kier molecular flexibility index (Phi) is 13.5. The van der Waals surface area contributed by atoms with Crippen LogP contribution in [0.15, 0.2) is 83.5 Å². The van der Waals surface area contributed by atoms with Crippen molar-refractivity contribution in [1.82, 2.24) is 9.55 Å². The van der Waals surface area contributed by atoms with Crippen LogP contribution < -0.4 is 15.0 Å². The minimum absolute atomic E-state index is 0.125. The highest BCUT2D eigenvalue weighted by Gasteiger charge is 2.24. The van der Waals surface area contributed by atoms with E-state index in [2.05, 4.69) is 65.5 Å². The van der Waals surface area contributed by atoms with Crippen LogP contribution in [0.5, 0.6) is 5.75 Å². The summed E-state index contributed by atoms with van der Waals surface area (Å²) in [6, 6.07) is 22.0. The second kappa shape index (κ2) is 18.6. The fourth-order valence-electron chi connectivity index (χ4n) is 6.77. The number of unbranched alkanes of at least 4 members (excludes halogenated alkanes) is 1. The van der Waals surface area contributed by atoms with Gasteiger partial charge >= 0.3 is 0 Å². The Morgan fingerprint density at radius 3 is 2.58 bits per heavy atom. The average Bonchev–Trinajstić information content (AvgIpc) is 3.80. The van der Waals surface area contributed by atoms with Crippen molar-refractivity contribution in [3.8, 4) is 16.9 Å². The van der Waals surface area contributed by atoms with E-state index in [1.165, 1.54) is 0 Å². The Morgan fingerprint density at radius 2 is 1.83 bits per heavy atom. The molecule has 0 unspecified atom stereocenters. The van der Waals surface area contributed by atoms with E-state index < -0.39 is 11.2 Å². The van der Waals surface area contributed by atoms with E-state index in [1.807, 2.05) is 47.9 Å². The number of hydrogen-bond donors (Lipinski definition) is 1. The monoisotopic (exact) mass is 724 g/mol. The van der Waals surface area contributed by atoms with Gasteiger partial charge in [-0.25, -0.2) is 4.98 Å². The molecule has 4 aromatic rings. The van der Waals surface area contributed by atoms with Crippen LogP contribution in [0.2, 0.25) is 0 Å². The molecule has 0 spiro atoms. The van der Waals surface area contributed by atoms with Gasteiger partial charge in [-0.2, -0.15) is 0 Å². The molecule has 2 aliphatic heterocycles. The van der Waals surface area contributed by atoms with Crippen LogP contribution in [0, 0.1) is 6.92 Å². The summed E-state index contributed by atoms with van der Waals surface area (Å²) in [6.45, 7) is 11.3. The predicted molar refractivity (Wildman–Crippen MR) is 209 cm³/mol. The zero-order valence-electron chi connectivity index (χ0n) is 30.8. The van der Waals surface area contributed by atoms with E-state index in [-0.39, 0.29) is 12.0 Å². The first-order valence-corrected chi connectivity index (χ1v) is 20.1. The first-order chi connectivity index (χ1) is 25.4. The van der Waals surface area contributed by atoms with Gasteiger partial charge in [-0.3, -0.25) is 4.79 Å². The highest BCUT2D eigenvalue weighted by atomic mass is 32.2. The molecule has 0 radical (unpaired) electrons. The van der Waals surface area contributed by atoms with Crippen molar-refractivity contribution < 1.29 is 23.6 Å². The van der Waals surface area contributed by atoms with E-state index in [4.69, 9.17) is 14.2 Å². The number of rotatable bonds is 16. The van der Waals surface area contributed by atoms with Gasteiger partial charge in [0.2, 0.25) is 0 Å². The first kappa shape index (κ1) is 37.7. The normalized spacial score (nSPS) is 17.5. The fourth-order valence-corrected chi connectivity index (χ4v) is 8.00. The molecule has 6 rings (SSSR count). The summed E-state index contributed by atoms with van der Waals surface area (Å²) in [7, 11) is 0. The van der Waals surface area contributed by atoms with E-state index in [9.17, 15) is 9.35 Å². The molecule has 276 valence electrons. The molecule has 52 heavy (non-hydrogen) atoms. The molecule has 10 heteroatoms. The smallest absolute Gasteiger partial charge is 0.251 e. The number of amides is 1. The fraction of sp³-hybridized carbons (Fsp3) is 0.429. The van der Waals surface area contributed by atoms with Crippen LogP contribution in [0.25, 0.3) is 17.2 Å². The minimum atomic E-state index is -1.23. The maximum absolute atomic E-state index is 13.8. The van der Waals surface area contributed by atoms with E-state index in [0.717, 1.165) is 115 Å². The molecule has 9 nitrogen and oxygen atoms in total. The SMILES string of the molecule is CCCCOCCOc1ccc(-c2ccc3c(c2)/C=C(/C(=O)Nc2ccc([S@+]([O-])Cc4c(C)ncn4CC)cc2)CCCN3C[C@@H]2CCCO2)cc1. The van der Waals surface area contributed by atoms with Gasteiger partial charge in [0, 0.05) is 49.8 Å². The van der Waals surface area contributed by atoms with Crippen molar-refractivity contribution in [2.45, 2.75) is 82.6 Å². The number of hydrogen-bond acceptors (Lipinski definition) is 7. The number of aryl methyl sites for hydroxylation is 2. The van der Waals surface area contributed by atoms with Crippen molar-refractivity contribution in [2.24, 2.45) is 0 Å². The number of nitrogens with one attached hydrogen (secondary N) is 1. The molecule has 0 bridgehead atoms. The topological polar surface area (TPSA) is 101 Å². The van der Waals surface area contributed by atoms with E-state index in [1.54, 1.807) is 6.33 Å². The number of aromatic nitrogens is 2. The third-order valence-corrected chi connectivity index (χ3v) is 11.1. The number of carbonyl (C=O) groups excluding carboxylic acids is 1. The number of imidazole rings is 1. The number of anilines is 2. The van der Waals surface area contributed by atoms with Crippen LogP contribution in [0.3, 0.4) is 0 Å². The van der Waals surface area contributed by atoms with Gasteiger partial charge in [-0.15, -0.1) is 0 Å². The summed E-state index contributed by atoms with van der Waals surface area (Å²) in [5, 5.41) is 3.11. The molecule has 3 aromatic carbocycles. The number of nitrogens with zero attached hydrogens (tertiary/aromatic N) is 3. The van der Waals surface area contributed by atoms with Crippen molar-refractivity contribution in [3.05, 3.63) is 95.6 Å². The highest BCUT2D eigenvalue weighted by Crippen LogP contribution is 2.34. The van der Waals surface area contributed by atoms with Gasteiger partial charge in [0.05, 0.1) is 30.4 Å². The summed E-state index contributed by atoms with van der Waals surface area (Å²) in [5.74, 6) is 1.09. The second-order valence-electron chi connectivity index (χ2n) is 13.5. The third kappa shape index (κ3) is 9.86. The van der Waals surface area contributed by atoms with Gasteiger partial charge in [-0.1, -0.05) is 31.5 Å². The van der Waals surface area contributed by atoms with Crippen LogP contribution in [0.1, 0.15) is 69.3 Å². The quantitative estimate of drug-likeness (QED) is 0.0919. The molecule has 2 atom stereocenters. The molecule has 0 saturated carbocycles. The molecular weight excluding hydrogens is 673 g/mol. The third-order valence-electron chi connectivity index (χ3n) is 9.78. The maximum Gasteiger partial charge on any atom is 0.251 e. The van der Waals surface area contributed by atoms with Crippen LogP contribution in [-0.2, 0) is 37.7 Å². The van der Waals surface area contributed by atoms with Gasteiger partial charge in [-0.05, 0) is 128 Å². The average molecular weight is 725 g/mol. The highest BCUT2D eigenvalue weighted by molar-refractivity contribution is 7.90. The summed E-state index contributed by atoms with van der Waals surface area (Å²) < 4.78 is 32.8. The second-order valence-corrected chi connectivity index (χ2v) is 14.9. The Balaban J connectivity index is 1.17. The molecule has 0 aliphatic carbocycles. The lowest BCUT2D eigenvalue weighted by Crippen LogP contribution is -2.34. The Hall–Kier alpha value is -4.09. The number of ether oxygens (including phenoxy) is 3. The number of benzene rings is 3. The van der Waals surface area contributed by atoms with Crippen molar-refractivity contribution in [3.63, 3.8) is 0 Å². The predicted octanol–water partition coefficient (Wildman–Crippen LogP) is 8.18. The van der Waals surface area contributed by atoms with Gasteiger partial charge in [0.1, 0.15) is 12.4 Å². The van der Waals surface area contributed by atoms with Gasteiger partial charge in [0.25, 0.3) is 5.91 Å². The molecule has 3 heterocycles. The molecule has 1 amide bonds. The summed E-state index contributed by atoms with van der Waals surface area (Å²) in [6.07, 6.45) is 9.93. The lowest BCUT2D eigenvalue weighted by atomic mass is 9.96. The van der Waals surface area contributed by atoms with Crippen molar-refractivity contribution in [2.75, 3.05) is 49.7 Å². The summed E-state index contributed by atoms with van der Waals surface area (Å²) in [5.41, 5.74) is 7.56. The van der Waals surface area contributed by atoms with Crippen LogP contribution >= 0.6 is 0 Å². The van der Waals surface area contributed by atoms with Crippen molar-refractivity contribution in [1.29, 1.82) is 0 Å². The Morgan fingerprint density at radius 1 is 1.02 bits per heavy atom. The van der Waals surface area contributed by atoms with Crippen molar-refractivity contribution >= 4 is 34.5 Å². The molecule has 1 fully saturated rings. The maximum atomic E-state index is 13.8. The molecule has 1 N–H and O–H groups in total. The van der Waals surface area contributed by atoms with E-state index in [0.29, 0.717) is 31.1 Å². The number of carbonyl (C=O) groups is 1. The van der Waals surface area contributed by atoms with Gasteiger partial charge < -0.3 is 33.5 Å². The minimum Gasteiger partial charge on any atom is -0.611 e. The van der Waals surface area contributed by atoms with E-state index >= 15 is 0 Å². The molecule has 1 aromatic heterocycles. The molecular formula is C42H52N4O5S. The first-order valence-electron chi connectivity index (χ1n) is 18.7. The van der Waals surface area contributed by atoms with Gasteiger partial charge in [0.15, 0.2) is 10.6 Å². The lowest BCUT2D eigenvalue weighted by Gasteiger charge is -2.31. The number of fused-ring (bicyclic) bond motifs is 1. The summed E-state index contributed by atoms with van der Waals surface area (Å²) >= 11 is -1.23. The zero-order valence-corrected chi connectivity index (χ0v) is 31.6. The Bertz CT molecular complexity index is 1780. The van der Waals surface area contributed by atoms with Crippen LogP contribution in [0.4, 0.5) is 11.4 Å². The largest absolute Gasteiger partial charge is 0.611 e. The Labute approximate surface area is 311 Å². The standard InChI is InChI=1S/C42H52N4O5S/c1-4-6-22-49-24-25-51-37-16-11-32(12-17-37)33-13-20-40-35(26-33)27-34(9-7-21-46(40)28-38-10-8-23-50-38)42(47)44-36-14-18-39(19-15-36)52(48)29-41-31(3)43-30-45(41)5-2/h11-20,26-27,30,38H,4-10,21-25,28-29H2,1-3H3,(H,44,47)/b34-27+/t38-,52+/m0/s1. The molecule has 2 aliphatic rings. The van der Waals surface area contributed by atoms with Crippen LogP contribution in [-0.4, -0.2) is 65.6 Å². The summed E-state index contributed by atoms with van der Waals surface area (Å²) in [4.78, 5) is 21.3.